The van der Waals surface area contributed by atoms with E-state index < -0.39 is 34.9 Å². The molecule has 3 nitrogen and oxygen atoms in total. The third-order valence-electron chi connectivity index (χ3n) is 2.75. The standard InChI is InChI=1S/C13H16F4N2O/c1-12(2,3)10(18)11(20)19-7-4-5-9(14)8(6-7)13(15,16)17/h4-6,10H,18H2,1-3H3,(H,19,20)/t10-/m1/s1. The lowest BCUT2D eigenvalue weighted by atomic mass is 9.87. The second-order valence-electron chi connectivity index (χ2n) is 5.53. The molecule has 0 heterocycles. The third kappa shape index (κ3) is 3.93. The van der Waals surface area contributed by atoms with E-state index in [1.807, 2.05) is 0 Å². The van der Waals surface area contributed by atoms with Crippen molar-refractivity contribution in [1.29, 1.82) is 0 Å². The van der Waals surface area contributed by atoms with E-state index in [-0.39, 0.29) is 5.69 Å². The van der Waals surface area contributed by atoms with Crippen LogP contribution in [0.2, 0.25) is 0 Å². The van der Waals surface area contributed by atoms with Crippen molar-refractivity contribution >= 4 is 11.6 Å². The molecule has 0 saturated heterocycles. The smallest absolute Gasteiger partial charge is 0.325 e. The van der Waals surface area contributed by atoms with Crippen molar-refractivity contribution in [1.82, 2.24) is 0 Å². The number of halogens is 4. The zero-order chi connectivity index (χ0) is 15.7. The summed E-state index contributed by atoms with van der Waals surface area (Å²) in [4.78, 5) is 11.8. The Bertz CT molecular complexity index is 506. The van der Waals surface area contributed by atoms with Crippen LogP contribution in [-0.4, -0.2) is 11.9 Å². The molecular weight excluding hydrogens is 276 g/mol. The Kier molecular flexibility index (Phi) is 4.43. The quantitative estimate of drug-likeness (QED) is 0.823. The molecule has 112 valence electrons. The van der Waals surface area contributed by atoms with Crippen molar-refractivity contribution in [3.8, 4) is 0 Å². The van der Waals surface area contributed by atoms with E-state index in [0.29, 0.717) is 12.1 Å². The van der Waals surface area contributed by atoms with Gasteiger partial charge in [-0.2, -0.15) is 13.2 Å². The van der Waals surface area contributed by atoms with Gasteiger partial charge in [-0.05, 0) is 23.6 Å². The van der Waals surface area contributed by atoms with Gasteiger partial charge in [0.15, 0.2) is 0 Å². The molecule has 0 aliphatic rings. The van der Waals surface area contributed by atoms with Crippen molar-refractivity contribution in [3.05, 3.63) is 29.6 Å². The van der Waals surface area contributed by atoms with E-state index in [4.69, 9.17) is 5.73 Å². The van der Waals surface area contributed by atoms with Gasteiger partial charge < -0.3 is 11.1 Å². The Hall–Kier alpha value is -1.63. The molecule has 1 atom stereocenters. The van der Waals surface area contributed by atoms with E-state index in [1.54, 1.807) is 20.8 Å². The molecule has 1 aromatic rings. The van der Waals surface area contributed by atoms with Gasteiger partial charge in [0.05, 0.1) is 11.6 Å². The summed E-state index contributed by atoms with van der Waals surface area (Å²) in [6.07, 6.45) is -4.82. The molecule has 20 heavy (non-hydrogen) atoms. The lowest BCUT2D eigenvalue weighted by Crippen LogP contribution is -2.45. The van der Waals surface area contributed by atoms with Crippen LogP contribution in [0.3, 0.4) is 0 Å². The Labute approximate surface area is 114 Å². The molecule has 0 saturated carbocycles. The molecular formula is C13H16F4N2O. The molecule has 0 fully saturated rings. The number of hydrogen-bond donors (Lipinski definition) is 2. The predicted octanol–water partition coefficient (Wildman–Crippen LogP) is 3.16. The van der Waals surface area contributed by atoms with E-state index in [9.17, 15) is 22.4 Å². The second kappa shape index (κ2) is 5.40. The molecule has 0 spiro atoms. The first kappa shape index (κ1) is 16.4. The van der Waals surface area contributed by atoms with Gasteiger partial charge in [0.1, 0.15) is 5.82 Å². The zero-order valence-corrected chi connectivity index (χ0v) is 11.3. The maximum Gasteiger partial charge on any atom is 0.419 e. The largest absolute Gasteiger partial charge is 0.419 e. The topological polar surface area (TPSA) is 55.1 Å². The number of nitrogens with one attached hydrogen (secondary N) is 1. The molecule has 0 aliphatic carbocycles. The highest BCUT2D eigenvalue weighted by molar-refractivity contribution is 5.95. The molecule has 1 aromatic carbocycles. The minimum Gasteiger partial charge on any atom is -0.325 e. The van der Waals surface area contributed by atoms with E-state index in [2.05, 4.69) is 5.32 Å². The zero-order valence-electron chi connectivity index (χ0n) is 11.3. The van der Waals surface area contributed by atoms with Crippen molar-refractivity contribution in [2.45, 2.75) is 33.0 Å². The SMILES string of the molecule is CC(C)(C)[C@H](N)C(=O)Nc1ccc(F)c(C(F)(F)F)c1. The van der Waals surface area contributed by atoms with E-state index in [1.165, 1.54) is 0 Å². The van der Waals surface area contributed by atoms with Gasteiger partial charge in [0.2, 0.25) is 5.91 Å². The molecule has 0 aliphatic heterocycles. The highest BCUT2D eigenvalue weighted by Gasteiger charge is 2.34. The lowest BCUT2D eigenvalue weighted by Gasteiger charge is -2.25. The van der Waals surface area contributed by atoms with Gasteiger partial charge in [-0.1, -0.05) is 20.8 Å². The summed E-state index contributed by atoms with van der Waals surface area (Å²) in [6, 6.07) is 1.35. The van der Waals surface area contributed by atoms with Gasteiger partial charge in [0, 0.05) is 5.69 Å². The molecule has 0 aromatic heterocycles. The van der Waals surface area contributed by atoms with Gasteiger partial charge in [0.25, 0.3) is 0 Å². The Morgan fingerprint density at radius 1 is 1.25 bits per heavy atom. The Balaban J connectivity index is 2.98. The molecule has 0 radical (unpaired) electrons. The average molecular weight is 292 g/mol. The normalized spacial score (nSPS) is 14.0. The summed E-state index contributed by atoms with van der Waals surface area (Å²) in [6.45, 7) is 5.18. The number of hydrogen-bond acceptors (Lipinski definition) is 2. The van der Waals surface area contributed by atoms with Crippen molar-refractivity contribution in [3.63, 3.8) is 0 Å². The predicted molar refractivity (Wildman–Crippen MR) is 67.5 cm³/mol. The van der Waals surface area contributed by atoms with Crippen molar-refractivity contribution in [2.24, 2.45) is 11.1 Å². The minimum atomic E-state index is -4.82. The van der Waals surface area contributed by atoms with Crippen LogP contribution in [0, 0.1) is 11.2 Å². The third-order valence-corrected chi connectivity index (χ3v) is 2.75. The van der Waals surface area contributed by atoms with E-state index in [0.717, 1.165) is 6.07 Å². The number of carbonyl (C=O) groups excluding carboxylic acids is 1. The van der Waals surface area contributed by atoms with Crippen LogP contribution >= 0.6 is 0 Å². The van der Waals surface area contributed by atoms with Gasteiger partial charge in [-0.25, -0.2) is 4.39 Å². The summed E-state index contributed by atoms with van der Waals surface area (Å²) in [7, 11) is 0. The fourth-order valence-electron chi connectivity index (χ4n) is 1.43. The summed E-state index contributed by atoms with van der Waals surface area (Å²) < 4.78 is 50.7. The molecule has 0 bridgehead atoms. The van der Waals surface area contributed by atoms with Gasteiger partial charge in [-0.15, -0.1) is 0 Å². The number of amides is 1. The maximum atomic E-state index is 13.1. The molecule has 7 heteroatoms. The van der Waals surface area contributed by atoms with Crippen LogP contribution in [0.15, 0.2) is 18.2 Å². The van der Waals surface area contributed by atoms with Crippen LogP contribution in [0.25, 0.3) is 0 Å². The van der Waals surface area contributed by atoms with Crippen LogP contribution < -0.4 is 11.1 Å². The van der Waals surface area contributed by atoms with Crippen molar-refractivity contribution in [2.75, 3.05) is 5.32 Å². The molecule has 1 amide bonds. The Morgan fingerprint density at radius 2 is 1.80 bits per heavy atom. The summed E-state index contributed by atoms with van der Waals surface area (Å²) in [5.74, 6) is -2.02. The summed E-state index contributed by atoms with van der Waals surface area (Å²) >= 11 is 0. The van der Waals surface area contributed by atoms with Crippen molar-refractivity contribution < 1.29 is 22.4 Å². The monoisotopic (exact) mass is 292 g/mol. The lowest BCUT2D eigenvalue weighted by molar-refractivity contribution is -0.140. The average Bonchev–Trinajstić information content (AvgIpc) is 2.27. The number of rotatable bonds is 2. The van der Waals surface area contributed by atoms with Gasteiger partial charge in [-0.3, -0.25) is 4.79 Å². The number of anilines is 1. The van der Waals surface area contributed by atoms with E-state index >= 15 is 0 Å². The highest BCUT2D eigenvalue weighted by Crippen LogP contribution is 2.33. The van der Waals surface area contributed by atoms with Gasteiger partial charge >= 0.3 is 6.18 Å². The minimum absolute atomic E-state index is 0.150. The molecule has 3 N–H and O–H groups in total. The fourth-order valence-corrected chi connectivity index (χ4v) is 1.43. The number of alkyl halides is 3. The maximum absolute atomic E-state index is 13.1. The number of benzene rings is 1. The number of carbonyl (C=O) groups is 1. The molecule has 0 unspecified atom stereocenters. The highest BCUT2D eigenvalue weighted by atomic mass is 19.4. The Morgan fingerprint density at radius 3 is 2.25 bits per heavy atom. The first-order chi connectivity index (χ1) is 8.93. The first-order valence-corrected chi connectivity index (χ1v) is 5.86. The van der Waals surface area contributed by atoms with Crippen LogP contribution in [0.1, 0.15) is 26.3 Å². The number of nitrogens with two attached hydrogens (primary N) is 1. The van der Waals surface area contributed by atoms with Crippen LogP contribution in [0.5, 0.6) is 0 Å². The summed E-state index contributed by atoms with van der Waals surface area (Å²) in [5.41, 5.74) is 3.56. The van der Waals surface area contributed by atoms with Crippen LogP contribution in [0.4, 0.5) is 23.2 Å². The summed E-state index contributed by atoms with van der Waals surface area (Å²) in [5, 5.41) is 2.26. The fraction of sp³-hybridized carbons (Fsp3) is 0.462. The second-order valence-corrected chi connectivity index (χ2v) is 5.53. The molecule has 1 rings (SSSR count). The van der Waals surface area contributed by atoms with Crippen LogP contribution in [-0.2, 0) is 11.0 Å². The first-order valence-electron chi connectivity index (χ1n) is 5.86.